The Hall–Kier alpha value is -2.70. The second-order valence-corrected chi connectivity index (χ2v) is 6.34. The molecule has 0 heterocycles. The van der Waals surface area contributed by atoms with Crippen LogP contribution in [0.3, 0.4) is 0 Å². The van der Waals surface area contributed by atoms with Gasteiger partial charge in [-0.25, -0.2) is 4.79 Å². The Morgan fingerprint density at radius 1 is 1.00 bits per heavy atom. The van der Waals surface area contributed by atoms with Crippen LogP contribution in [0.15, 0.2) is 54.6 Å². The number of para-hydroxylation sites is 1. The Morgan fingerprint density at radius 2 is 1.65 bits per heavy atom. The van der Waals surface area contributed by atoms with E-state index in [0.29, 0.717) is 6.54 Å². The fraction of sp³-hybridized carbons (Fsp3) is 0.316. The number of benzene rings is 2. The highest BCUT2D eigenvalue weighted by molar-refractivity contribution is 5.74. The summed E-state index contributed by atoms with van der Waals surface area (Å²) in [5, 5.41) is 5.39. The van der Waals surface area contributed by atoms with Crippen molar-refractivity contribution in [3.8, 4) is 5.75 Å². The first kappa shape index (κ1) is 18.1. The van der Waals surface area contributed by atoms with Gasteiger partial charge in [0.05, 0.1) is 0 Å². The van der Waals surface area contributed by atoms with E-state index in [9.17, 15) is 18.0 Å². The molecule has 0 unspecified atom stereocenters. The fourth-order valence-corrected chi connectivity index (χ4v) is 2.87. The first-order chi connectivity index (χ1) is 12.4. The molecule has 0 radical (unpaired) electrons. The SMILES string of the molecule is O=C(NCc1ccccc1OC(F)(F)F)NCC1(c2ccccc2)CC1. The highest BCUT2D eigenvalue weighted by atomic mass is 19.4. The van der Waals surface area contributed by atoms with E-state index in [0.717, 1.165) is 12.8 Å². The second-order valence-electron chi connectivity index (χ2n) is 6.34. The third-order valence-corrected chi connectivity index (χ3v) is 4.46. The number of carbonyl (C=O) groups is 1. The van der Waals surface area contributed by atoms with E-state index in [-0.39, 0.29) is 23.3 Å². The van der Waals surface area contributed by atoms with Gasteiger partial charge in [0.15, 0.2) is 0 Å². The smallest absolute Gasteiger partial charge is 0.405 e. The predicted molar refractivity (Wildman–Crippen MR) is 90.7 cm³/mol. The molecule has 138 valence electrons. The van der Waals surface area contributed by atoms with Crippen molar-refractivity contribution in [1.82, 2.24) is 10.6 Å². The highest BCUT2D eigenvalue weighted by Gasteiger charge is 2.44. The standard InChI is InChI=1S/C19H19F3N2O2/c20-19(21,22)26-16-9-5-4-6-14(16)12-23-17(25)24-13-18(10-11-18)15-7-2-1-3-8-15/h1-9H,10-13H2,(H2,23,24,25). The van der Waals surface area contributed by atoms with E-state index < -0.39 is 12.4 Å². The van der Waals surface area contributed by atoms with E-state index >= 15 is 0 Å². The first-order valence-electron chi connectivity index (χ1n) is 8.29. The van der Waals surface area contributed by atoms with Crippen LogP contribution in [0, 0.1) is 0 Å². The molecule has 26 heavy (non-hydrogen) atoms. The number of hydrogen-bond acceptors (Lipinski definition) is 2. The maximum Gasteiger partial charge on any atom is 0.573 e. The maximum atomic E-state index is 12.4. The minimum atomic E-state index is -4.77. The number of rotatable bonds is 6. The number of hydrogen-bond donors (Lipinski definition) is 2. The summed E-state index contributed by atoms with van der Waals surface area (Å²) in [4.78, 5) is 12.0. The quantitative estimate of drug-likeness (QED) is 0.810. The largest absolute Gasteiger partial charge is 0.573 e. The normalized spacial score (nSPS) is 15.2. The van der Waals surface area contributed by atoms with Crippen LogP contribution in [0.5, 0.6) is 5.75 Å². The van der Waals surface area contributed by atoms with Gasteiger partial charge >= 0.3 is 12.4 Å². The van der Waals surface area contributed by atoms with Crippen molar-refractivity contribution >= 4 is 6.03 Å². The molecule has 1 fully saturated rings. The predicted octanol–water partition coefficient (Wildman–Crippen LogP) is 4.12. The van der Waals surface area contributed by atoms with E-state index in [2.05, 4.69) is 15.4 Å². The summed E-state index contributed by atoms with van der Waals surface area (Å²) < 4.78 is 41.2. The molecule has 0 atom stereocenters. The van der Waals surface area contributed by atoms with Crippen molar-refractivity contribution in [3.63, 3.8) is 0 Å². The second kappa shape index (κ2) is 7.27. The molecule has 0 spiro atoms. The van der Waals surface area contributed by atoms with E-state index in [4.69, 9.17) is 0 Å². The molecule has 0 aromatic heterocycles. The van der Waals surface area contributed by atoms with Crippen LogP contribution in [0.1, 0.15) is 24.0 Å². The van der Waals surface area contributed by atoms with Crippen LogP contribution in [-0.2, 0) is 12.0 Å². The van der Waals surface area contributed by atoms with Crippen LogP contribution in [0.25, 0.3) is 0 Å². The van der Waals surface area contributed by atoms with Crippen LogP contribution in [0.4, 0.5) is 18.0 Å². The molecule has 0 aliphatic heterocycles. The zero-order chi connectivity index (χ0) is 18.6. The molecule has 2 aromatic rings. The van der Waals surface area contributed by atoms with Gasteiger partial charge in [0.1, 0.15) is 5.75 Å². The number of ether oxygens (including phenoxy) is 1. The summed E-state index contributed by atoms with van der Waals surface area (Å²) in [6.07, 6.45) is -2.77. The van der Waals surface area contributed by atoms with E-state index in [1.807, 2.05) is 30.3 Å². The summed E-state index contributed by atoms with van der Waals surface area (Å²) in [7, 11) is 0. The van der Waals surface area contributed by atoms with Gasteiger partial charge in [0.25, 0.3) is 0 Å². The third-order valence-electron chi connectivity index (χ3n) is 4.46. The molecule has 2 amide bonds. The van der Waals surface area contributed by atoms with Crippen molar-refractivity contribution in [2.75, 3.05) is 6.54 Å². The fourth-order valence-electron chi connectivity index (χ4n) is 2.87. The van der Waals surface area contributed by atoms with Crippen LogP contribution >= 0.6 is 0 Å². The Balaban J connectivity index is 1.52. The molecule has 0 saturated heterocycles. The van der Waals surface area contributed by atoms with Crippen molar-refractivity contribution in [2.45, 2.75) is 31.2 Å². The van der Waals surface area contributed by atoms with Gasteiger partial charge in [0, 0.05) is 24.1 Å². The summed E-state index contributed by atoms with van der Waals surface area (Å²) in [6.45, 7) is 0.431. The summed E-state index contributed by atoms with van der Waals surface area (Å²) in [5.74, 6) is -0.316. The molecule has 0 bridgehead atoms. The third kappa shape index (κ3) is 4.68. The van der Waals surface area contributed by atoms with Gasteiger partial charge in [-0.2, -0.15) is 0 Å². The lowest BCUT2D eigenvalue weighted by molar-refractivity contribution is -0.274. The summed E-state index contributed by atoms with van der Waals surface area (Å²) in [5.41, 5.74) is 1.41. The molecule has 1 saturated carbocycles. The van der Waals surface area contributed by atoms with Crippen LogP contribution < -0.4 is 15.4 Å². The van der Waals surface area contributed by atoms with Gasteiger partial charge in [-0.15, -0.1) is 13.2 Å². The number of nitrogens with one attached hydrogen (secondary N) is 2. The Bertz CT molecular complexity index is 759. The van der Waals surface area contributed by atoms with Gasteiger partial charge in [-0.3, -0.25) is 0 Å². The van der Waals surface area contributed by atoms with Gasteiger partial charge < -0.3 is 15.4 Å². The van der Waals surface area contributed by atoms with Crippen molar-refractivity contribution in [3.05, 3.63) is 65.7 Å². The number of carbonyl (C=O) groups excluding carboxylic acids is 1. The monoisotopic (exact) mass is 364 g/mol. The lowest BCUT2D eigenvalue weighted by atomic mass is 9.96. The molecule has 4 nitrogen and oxygen atoms in total. The van der Waals surface area contributed by atoms with E-state index in [1.165, 1.54) is 23.8 Å². The van der Waals surface area contributed by atoms with Gasteiger partial charge in [-0.05, 0) is 24.5 Å². The molecule has 1 aliphatic rings. The lowest BCUT2D eigenvalue weighted by Crippen LogP contribution is -2.39. The highest BCUT2D eigenvalue weighted by Crippen LogP contribution is 2.47. The summed E-state index contributed by atoms with van der Waals surface area (Å²) >= 11 is 0. The zero-order valence-corrected chi connectivity index (χ0v) is 14.0. The number of alkyl halides is 3. The Labute approximate surface area is 149 Å². The van der Waals surface area contributed by atoms with Gasteiger partial charge in [-0.1, -0.05) is 48.5 Å². The molecule has 2 N–H and O–H groups in total. The van der Waals surface area contributed by atoms with Crippen LogP contribution in [-0.4, -0.2) is 18.9 Å². The minimum Gasteiger partial charge on any atom is -0.405 e. The topological polar surface area (TPSA) is 50.4 Å². The van der Waals surface area contributed by atoms with Crippen LogP contribution in [0.2, 0.25) is 0 Å². The minimum absolute atomic E-state index is 0.0318. The van der Waals surface area contributed by atoms with Crippen molar-refractivity contribution in [1.29, 1.82) is 0 Å². The lowest BCUT2D eigenvalue weighted by Gasteiger charge is -2.17. The first-order valence-corrected chi connectivity index (χ1v) is 8.29. The number of urea groups is 1. The average Bonchev–Trinajstić information content (AvgIpc) is 3.40. The molecule has 1 aliphatic carbocycles. The average molecular weight is 364 g/mol. The molecule has 2 aromatic carbocycles. The molecular formula is C19H19F3N2O2. The number of halogens is 3. The summed E-state index contributed by atoms with van der Waals surface area (Å²) in [6, 6.07) is 15.3. The van der Waals surface area contributed by atoms with Crippen molar-refractivity contribution in [2.24, 2.45) is 0 Å². The Kier molecular flexibility index (Phi) is 5.06. The van der Waals surface area contributed by atoms with Crippen molar-refractivity contribution < 1.29 is 22.7 Å². The van der Waals surface area contributed by atoms with E-state index in [1.54, 1.807) is 6.07 Å². The molecule has 3 rings (SSSR count). The number of amides is 2. The molecular weight excluding hydrogens is 345 g/mol. The zero-order valence-electron chi connectivity index (χ0n) is 14.0. The van der Waals surface area contributed by atoms with Gasteiger partial charge in [0.2, 0.25) is 0 Å². The molecule has 7 heteroatoms. The Morgan fingerprint density at radius 3 is 2.31 bits per heavy atom. The maximum absolute atomic E-state index is 12.4.